The van der Waals surface area contributed by atoms with E-state index in [1.165, 1.54) is 30.3 Å². The highest BCUT2D eigenvalue weighted by molar-refractivity contribution is 7.92. The van der Waals surface area contributed by atoms with Crippen LogP contribution in [-0.4, -0.2) is 14.3 Å². The Hall–Kier alpha value is -3.09. The number of hydrogen-bond donors (Lipinski definition) is 2. The molecule has 0 fully saturated rings. The predicted molar refractivity (Wildman–Crippen MR) is 113 cm³/mol. The third-order valence-corrected chi connectivity index (χ3v) is 5.40. The van der Waals surface area contributed by atoms with Gasteiger partial charge in [-0.2, -0.15) is 0 Å². The molecule has 7 heteroatoms. The Labute approximate surface area is 168 Å². The van der Waals surface area contributed by atoms with E-state index in [9.17, 15) is 13.2 Å². The van der Waals surface area contributed by atoms with E-state index in [1.807, 2.05) is 30.3 Å². The standard InChI is InChI=1S/C21H17ClN2O3S/c22-17-7-9-19(10-8-17)24-28(26,27)20-13-11-18(12-14-20)23-21(25)15-6-16-4-2-1-3-5-16/h1-15,24H,(H,23,25)/b15-6+. The van der Waals surface area contributed by atoms with E-state index in [2.05, 4.69) is 10.0 Å². The van der Waals surface area contributed by atoms with E-state index in [-0.39, 0.29) is 10.8 Å². The number of sulfonamides is 1. The summed E-state index contributed by atoms with van der Waals surface area (Å²) in [6, 6.07) is 21.7. The van der Waals surface area contributed by atoms with Gasteiger partial charge in [-0.05, 0) is 60.2 Å². The average molecular weight is 413 g/mol. The van der Waals surface area contributed by atoms with Crippen LogP contribution in [0.5, 0.6) is 0 Å². The number of benzene rings is 3. The minimum absolute atomic E-state index is 0.0836. The summed E-state index contributed by atoms with van der Waals surface area (Å²) in [5.41, 5.74) is 1.81. The number of carbonyl (C=O) groups is 1. The van der Waals surface area contributed by atoms with Crippen molar-refractivity contribution in [1.29, 1.82) is 0 Å². The molecule has 0 atom stereocenters. The number of hydrogen-bond acceptors (Lipinski definition) is 3. The molecule has 28 heavy (non-hydrogen) atoms. The smallest absolute Gasteiger partial charge is 0.261 e. The zero-order valence-electron chi connectivity index (χ0n) is 14.7. The molecule has 0 aliphatic rings. The molecule has 2 N–H and O–H groups in total. The zero-order chi connectivity index (χ0) is 20.0. The first-order valence-corrected chi connectivity index (χ1v) is 10.2. The summed E-state index contributed by atoms with van der Waals surface area (Å²) in [6.45, 7) is 0. The van der Waals surface area contributed by atoms with Crippen LogP contribution in [0.25, 0.3) is 6.08 Å². The van der Waals surface area contributed by atoms with Gasteiger partial charge in [0.2, 0.25) is 5.91 Å². The number of rotatable bonds is 6. The van der Waals surface area contributed by atoms with Crippen LogP contribution in [0.3, 0.4) is 0 Å². The van der Waals surface area contributed by atoms with Crippen LogP contribution in [0.4, 0.5) is 11.4 Å². The van der Waals surface area contributed by atoms with Crippen LogP contribution in [0.1, 0.15) is 5.56 Å². The van der Waals surface area contributed by atoms with Crippen LogP contribution in [0, 0.1) is 0 Å². The van der Waals surface area contributed by atoms with E-state index in [0.717, 1.165) is 5.56 Å². The lowest BCUT2D eigenvalue weighted by Crippen LogP contribution is -2.13. The second kappa shape index (κ2) is 8.73. The molecule has 5 nitrogen and oxygen atoms in total. The topological polar surface area (TPSA) is 75.3 Å². The van der Waals surface area contributed by atoms with Crippen molar-refractivity contribution in [1.82, 2.24) is 0 Å². The maximum atomic E-state index is 12.4. The molecular formula is C21H17ClN2O3S. The first-order valence-electron chi connectivity index (χ1n) is 8.35. The fraction of sp³-hybridized carbons (Fsp3) is 0. The number of amides is 1. The van der Waals surface area contributed by atoms with Gasteiger partial charge in [0.05, 0.1) is 4.90 Å². The largest absolute Gasteiger partial charge is 0.323 e. The van der Waals surface area contributed by atoms with Crippen LogP contribution >= 0.6 is 11.6 Å². The first kappa shape index (κ1) is 19.7. The van der Waals surface area contributed by atoms with E-state index in [1.54, 1.807) is 30.3 Å². The van der Waals surface area contributed by atoms with E-state index in [4.69, 9.17) is 11.6 Å². The summed E-state index contributed by atoms with van der Waals surface area (Å²) in [5.74, 6) is -0.307. The quantitative estimate of drug-likeness (QED) is 0.571. The van der Waals surface area contributed by atoms with Crippen molar-refractivity contribution in [2.45, 2.75) is 4.90 Å². The van der Waals surface area contributed by atoms with Crippen LogP contribution in [0.15, 0.2) is 89.8 Å². The Balaban J connectivity index is 1.64. The van der Waals surface area contributed by atoms with Gasteiger partial charge in [0.1, 0.15) is 0 Å². The Morgan fingerprint density at radius 1 is 0.821 bits per heavy atom. The van der Waals surface area contributed by atoms with Crippen LogP contribution in [-0.2, 0) is 14.8 Å². The van der Waals surface area contributed by atoms with Gasteiger partial charge in [-0.1, -0.05) is 41.9 Å². The van der Waals surface area contributed by atoms with Crippen molar-refractivity contribution in [3.8, 4) is 0 Å². The summed E-state index contributed by atoms with van der Waals surface area (Å²) in [4.78, 5) is 12.1. The van der Waals surface area contributed by atoms with Crippen molar-refractivity contribution < 1.29 is 13.2 Å². The summed E-state index contributed by atoms with van der Waals surface area (Å²) in [6.07, 6.45) is 3.12. The highest BCUT2D eigenvalue weighted by Crippen LogP contribution is 2.20. The number of nitrogens with one attached hydrogen (secondary N) is 2. The van der Waals surface area contributed by atoms with E-state index < -0.39 is 10.0 Å². The maximum Gasteiger partial charge on any atom is 0.261 e. The molecule has 0 radical (unpaired) electrons. The molecule has 0 unspecified atom stereocenters. The minimum atomic E-state index is -3.74. The van der Waals surface area contributed by atoms with Crippen molar-refractivity contribution in [3.05, 3.63) is 95.5 Å². The van der Waals surface area contributed by atoms with Crippen molar-refractivity contribution in [3.63, 3.8) is 0 Å². The molecule has 0 aromatic heterocycles. The SMILES string of the molecule is O=C(/C=C/c1ccccc1)Nc1ccc(S(=O)(=O)Nc2ccc(Cl)cc2)cc1. The minimum Gasteiger partial charge on any atom is -0.323 e. The molecule has 1 amide bonds. The number of halogens is 1. The van der Waals surface area contributed by atoms with E-state index in [0.29, 0.717) is 16.4 Å². The highest BCUT2D eigenvalue weighted by Gasteiger charge is 2.14. The van der Waals surface area contributed by atoms with Crippen LogP contribution < -0.4 is 10.0 Å². The van der Waals surface area contributed by atoms with Gasteiger partial charge in [-0.15, -0.1) is 0 Å². The third-order valence-electron chi connectivity index (χ3n) is 3.76. The summed E-state index contributed by atoms with van der Waals surface area (Å²) < 4.78 is 27.3. The summed E-state index contributed by atoms with van der Waals surface area (Å²) in [7, 11) is -3.74. The Morgan fingerprint density at radius 2 is 1.43 bits per heavy atom. The lowest BCUT2D eigenvalue weighted by molar-refractivity contribution is -0.111. The predicted octanol–water partition coefficient (Wildman–Crippen LogP) is 4.79. The Morgan fingerprint density at radius 3 is 2.07 bits per heavy atom. The van der Waals surface area contributed by atoms with Gasteiger partial charge in [-0.25, -0.2) is 8.42 Å². The fourth-order valence-corrected chi connectivity index (χ4v) is 3.55. The molecule has 0 aliphatic carbocycles. The molecule has 3 rings (SSSR count). The van der Waals surface area contributed by atoms with Gasteiger partial charge < -0.3 is 5.32 Å². The molecule has 0 saturated heterocycles. The molecule has 0 bridgehead atoms. The van der Waals surface area contributed by atoms with Crippen molar-refractivity contribution in [2.75, 3.05) is 10.0 Å². The monoisotopic (exact) mass is 412 g/mol. The summed E-state index contributed by atoms with van der Waals surface area (Å²) >= 11 is 5.80. The normalized spacial score (nSPS) is 11.3. The van der Waals surface area contributed by atoms with Gasteiger partial charge in [-0.3, -0.25) is 9.52 Å². The van der Waals surface area contributed by atoms with Crippen molar-refractivity contribution in [2.24, 2.45) is 0 Å². The second-order valence-corrected chi connectivity index (χ2v) is 7.99. The molecule has 0 saturated carbocycles. The lowest BCUT2D eigenvalue weighted by Gasteiger charge is -2.09. The molecule has 142 valence electrons. The van der Waals surface area contributed by atoms with Crippen molar-refractivity contribution >= 4 is 45.0 Å². The zero-order valence-corrected chi connectivity index (χ0v) is 16.2. The molecule has 3 aromatic rings. The molecular weight excluding hydrogens is 396 g/mol. The van der Waals surface area contributed by atoms with E-state index >= 15 is 0 Å². The molecule has 0 spiro atoms. The van der Waals surface area contributed by atoms with Crippen LogP contribution in [0.2, 0.25) is 5.02 Å². The van der Waals surface area contributed by atoms with Gasteiger partial charge >= 0.3 is 0 Å². The average Bonchev–Trinajstić information content (AvgIpc) is 2.69. The molecule has 0 aliphatic heterocycles. The van der Waals surface area contributed by atoms with Gasteiger partial charge in [0.15, 0.2) is 0 Å². The Bertz CT molecular complexity index is 1080. The highest BCUT2D eigenvalue weighted by atomic mass is 35.5. The van der Waals surface area contributed by atoms with Gasteiger partial charge in [0, 0.05) is 22.5 Å². The molecule has 0 heterocycles. The van der Waals surface area contributed by atoms with Gasteiger partial charge in [0.25, 0.3) is 10.0 Å². The maximum absolute atomic E-state index is 12.4. The number of carbonyl (C=O) groups excluding carboxylic acids is 1. The third kappa shape index (κ3) is 5.45. The summed E-state index contributed by atoms with van der Waals surface area (Å²) in [5, 5.41) is 3.21. The number of anilines is 2. The molecule has 3 aromatic carbocycles. The fourth-order valence-electron chi connectivity index (χ4n) is 2.37. The second-order valence-electron chi connectivity index (χ2n) is 5.87. The lowest BCUT2D eigenvalue weighted by atomic mass is 10.2. The first-order chi connectivity index (χ1) is 13.4. The Kier molecular flexibility index (Phi) is 6.13.